The van der Waals surface area contributed by atoms with E-state index < -0.39 is 21.4 Å². The largest absolute Gasteiger partial charge is 0.502 e. The third kappa shape index (κ3) is 11.5. The molecule has 242 valence electrons. The van der Waals surface area contributed by atoms with Gasteiger partial charge >= 0.3 is 63.0 Å². The van der Waals surface area contributed by atoms with Gasteiger partial charge in [0.1, 0.15) is 0 Å². The molecule has 1 heterocycles. The summed E-state index contributed by atoms with van der Waals surface area (Å²) in [5, 5.41) is 2.95. The van der Waals surface area contributed by atoms with Crippen molar-refractivity contribution in [3.05, 3.63) is 137 Å². The van der Waals surface area contributed by atoms with Crippen LogP contribution in [0.4, 0.5) is 11.4 Å². The molecule has 0 amide bonds. The van der Waals surface area contributed by atoms with Gasteiger partial charge in [-0.1, -0.05) is 71.8 Å². The van der Waals surface area contributed by atoms with Crippen LogP contribution in [-0.4, -0.2) is 24.4 Å². The maximum Gasteiger partial charge on any atom is 0.0964 e. The Balaban J connectivity index is 0.000000213. The number of anilines is 2. The van der Waals surface area contributed by atoms with Crippen LogP contribution in [0.25, 0.3) is 0 Å². The van der Waals surface area contributed by atoms with E-state index in [1.54, 1.807) is 0 Å². The fourth-order valence-corrected chi connectivity index (χ4v) is 8.84. The SMILES string of the molecule is CC(C)=C[CH]=[Ru]([Cl])[Cl].C[PH+](c1ccccc1)c1ccccc1.Cc1cc(C)c(N2[CH-]N(c3c(C)cc(C)cc3C)CC2)c(C)c1. The minimum Gasteiger partial charge on any atom is -0.502 e. The van der Waals surface area contributed by atoms with Crippen molar-refractivity contribution in [3.8, 4) is 0 Å². The molecule has 1 saturated heterocycles. The predicted octanol–water partition coefficient (Wildman–Crippen LogP) is 10.1. The molecule has 4 aromatic carbocycles. The average Bonchev–Trinajstić information content (AvgIpc) is 3.45. The van der Waals surface area contributed by atoms with Gasteiger partial charge in [0.05, 0.1) is 25.2 Å². The zero-order valence-electron chi connectivity index (χ0n) is 28.2. The summed E-state index contributed by atoms with van der Waals surface area (Å²) in [6.07, 6.45) is 1.96. The number of aryl methyl sites for hydroxylation is 6. The molecule has 0 aromatic heterocycles. The molecule has 0 spiro atoms. The molecule has 5 rings (SSSR count). The van der Waals surface area contributed by atoms with E-state index in [1.165, 1.54) is 60.9 Å². The summed E-state index contributed by atoms with van der Waals surface area (Å²) in [7, 11) is 10.5. The predicted molar refractivity (Wildman–Crippen MR) is 204 cm³/mol. The normalized spacial score (nSPS) is 12.6. The molecule has 2 nitrogen and oxygen atoms in total. The van der Waals surface area contributed by atoms with Crippen LogP contribution in [0, 0.1) is 48.2 Å². The molecule has 1 aliphatic heterocycles. The van der Waals surface area contributed by atoms with Gasteiger partial charge in [-0.2, -0.15) is 6.67 Å². The van der Waals surface area contributed by atoms with E-state index in [0.29, 0.717) is 0 Å². The Kier molecular flexibility index (Phi) is 15.0. The standard InChI is InChI=1S/C21H27N2.C13H13P.C5H8.2ClH.Ru/c1-14-9-16(3)20(17(4)10-14)22-7-8-23(13-22)21-18(5)11-15(2)12-19(21)6;1-14(12-8-4-2-5-9-12)13-10-6-3-7-11-13;1-4-5(2)3;;;/h9-13H,7-8H2,1-6H3;2-11H,1H3;1,4H,2-3H3;2*1H;/q-1;;;;;+2/p-1. The Morgan fingerprint density at radius 2 is 1.02 bits per heavy atom. The Hall–Kier alpha value is -2.28. The Morgan fingerprint density at radius 1 is 0.667 bits per heavy atom. The van der Waals surface area contributed by atoms with Gasteiger partial charge in [-0.3, -0.25) is 0 Å². The van der Waals surface area contributed by atoms with Crippen LogP contribution >= 0.6 is 27.3 Å². The van der Waals surface area contributed by atoms with Gasteiger partial charge in [-0.05, 0) is 88.1 Å². The summed E-state index contributed by atoms with van der Waals surface area (Å²) in [4.78, 5) is 4.81. The first-order valence-electron chi connectivity index (χ1n) is 15.3. The summed E-state index contributed by atoms with van der Waals surface area (Å²) < 4.78 is 1.88. The third-order valence-corrected chi connectivity index (χ3v) is 11.8. The maximum absolute atomic E-state index is 5.53. The molecule has 0 atom stereocenters. The van der Waals surface area contributed by atoms with Crippen molar-refractivity contribution in [2.75, 3.05) is 29.6 Å². The van der Waals surface area contributed by atoms with Gasteiger partial charge in [0.25, 0.3) is 0 Å². The first-order valence-corrected chi connectivity index (χ1v) is 22.8. The molecule has 0 saturated carbocycles. The second kappa shape index (κ2) is 18.2. The number of hydrogen-bond donors (Lipinski definition) is 0. The second-order valence-corrected chi connectivity index (χ2v) is 20.1. The Labute approximate surface area is 287 Å². The second-order valence-electron chi connectivity index (χ2n) is 11.9. The quantitative estimate of drug-likeness (QED) is 0.114. The molecule has 0 aliphatic carbocycles. The van der Waals surface area contributed by atoms with Crippen LogP contribution in [-0.2, 0) is 13.5 Å². The van der Waals surface area contributed by atoms with E-state index in [1.807, 2.05) is 24.5 Å². The molecule has 0 N–H and O–H groups in total. The summed E-state index contributed by atoms with van der Waals surface area (Å²) in [5.74, 6) is 0. The van der Waals surface area contributed by atoms with E-state index >= 15 is 0 Å². The molecule has 0 radical (unpaired) electrons. The monoisotopic (exact) mass is 748 g/mol. The molecule has 45 heavy (non-hydrogen) atoms. The van der Waals surface area contributed by atoms with Crippen LogP contribution in [0.5, 0.6) is 0 Å². The van der Waals surface area contributed by atoms with Gasteiger partial charge in [-0.25, -0.2) is 0 Å². The van der Waals surface area contributed by atoms with Gasteiger partial charge in [-0.15, -0.1) is 0 Å². The summed E-state index contributed by atoms with van der Waals surface area (Å²) in [5.41, 5.74) is 12.1. The molecule has 0 bridgehead atoms. The Morgan fingerprint density at radius 3 is 1.31 bits per heavy atom. The van der Waals surface area contributed by atoms with Gasteiger partial charge in [0, 0.05) is 24.5 Å². The van der Waals surface area contributed by atoms with E-state index in [4.69, 9.17) is 19.4 Å². The van der Waals surface area contributed by atoms with Gasteiger partial charge < -0.3 is 9.80 Å². The fourth-order valence-electron chi connectivity index (χ4n) is 5.79. The molecule has 0 unspecified atom stereocenters. The molecule has 6 heteroatoms. The van der Waals surface area contributed by atoms with Gasteiger partial charge in [0.2, 0.25) is 0 Å². The fraction of sp³-hybridized carbons (Fsp3) is 0.282. The topological polar surface area (TPSA) is 6.48 Å². The number of halogens is 2. The number of rotatable bonds is 5. The average molecular weight is 749 g/mol. The van der Waals surface area contributed by atoms with Crippen LogP contribution in [0.1, 0.15) is 47.2 Å². The third-order valence-electron chi connectivity index (χ3n) is 7.60. The first kappa shape index (κ1) is 37.2. The van der Waals surface area contributed by atoms with Crippen LogP contribution in [0.2, 0.25) is 0 Å². The van der Waals surface area contributed by atoms with Crippen molar-refractivity contribution in [1.82, 2.24) is 0 Å². The molecule has 1 fully saturated rings. The van der Waals surface area contributed by atoms with Crippen LogP contribution < -0.4 is 20.4 Å². The van der Waals surface area contributed by atoms with Crippen molar-refractivity contribution in [1.29, 1.82) is 0 Å². The number of allylic oxidation sites excluding steroid dienone is 2. The van der Waals surface area contributed by atoms with Crippen LogP contribution in [0.3, 0.4) is 0 Å². The van der Waals surface area contributed by atoms with E-state index in [9.17, 15) is 0 Å². The van der Waals surface area contributed by atoms with Crippen molar-refractivity contribution < 1.29 is 13.5 Å². The van der Waals surface area contributed by atoms with Crippen molar-refractivity contribution in [3.63, 3.8) is 0 Å². The first-order chi connectivity index (χ1) is 21.4. The number of nitrogens with zero attached hydrogens (tertiary/aromatic N) is 2. The summed E-state index contributed by atoms with van der Waals surface area (Å²) >= 11 is -1.52. The summed E-state index contributed by atoms with van der Waals surface area (Å²) in [6.45, 7) is 23.9. The minimum atomic E-state index is -1.52. The number of benzene rings is 4. The molecular formula is C39H49Cl2N2PRu. The van der Waals surface area contributed by atoms with Gasteiger partial charge in [0.15, 0.2) is 0 Å². The van der Waals surface area contributed by atoms with E-state index in [2.05, 4.69) is 150 Å². The number of hydrogen-bond acceptors (Lipinski definition) is 2. The smallest absolute Gasteiger partial charge is 0.0964 e. The van der Waals surface area contributed by atoms with Crippen molar-refractivity contribution >= 4 is 53.9 Å². The van der Waals surface area contributed by atoms with Crippen LogP contribution in [0.15, 0.2) is 96.6 Å². The molecule has 4 aromatic rings. The minimum absolute atomic E-state index is 0.545. The molecule has 1 aliphatic rings. The zero-order valence-corrected chi connectivity index (χ0v) is 32.5. The zero-order chi connectivity index (χ0) is 33.1. The van der Waals surface area contributed by atoms with Crippen molar-refractivity contribution in [2.45, 2.75) is 55.4 Å². The summed E-state index contributed by atoms with van der Waals surface area (Å²) in [6, 6.07) is 30.6. The molecular weight excluding hydrogens is 699 g/mol. The maximum atomic E-state index is 5.53. The Bertz CT molecular complexity index is 1430. The van der Waals surface area contributed by atoms with E-state index in [-0.39, 0.29) is 0 Å². The van der Waals surface area contributed by atoms with Crippen molar-refractivity contribution in [2.24, 2.45) is 0 Å². The van der Waals surface area contributed by atoms with E-state index in [0.717, 1.165) is 13.1 Å².